The first-order chi connectivity index (χ1) is 4.35. The highest BCUT2D eigenvalue weighted by Crippen LogP contribution is 1.63. The fourth-order valence-electron chi connectivity index (χ4n) is 0.280. The Morgan fingerprint density at radius 1 is 1.89 bits per heavy atom. The number of nitrogens with zero attached hydrogens (tertiary/aromatic N) is 1. The highest BCUT2D eigenvalue weighted by molar-refractivity contribution is 6.30. The zero-order chi connectivity index (χ0) is 7.11. The Bertz CT molecular complexity index is 131. The topological polar surface area (TPSA) is 91.3 Å². The van der Waals surface area contributed by atoms with Crippen molar-refractivity contribution in [3.63, 3.8) is 0 Å². The predicted molar refractivity (Wildman–Crippen MR) is 34.5 cm³/mol. The first-order valence-corrected chi connectivity index (χ1v) is 2.29. The molecule has 50 valence electrons. The number of carbonyl (C=O) groups is 1. The maximum Gasteiger partial charge on any atom is 0.207 e. The summed E-state index contributed by atoms with van der Waals surface area (Å²) < 4.78 is 0. The first kappa shape index (κ1) is 7.61. The van der Waals surface area contributed by atoms with Crippen LogP contribution in [-0.2, 0) is 4.79 Å². The van der Waals surface area contributed by atoms with Crippen LogP contribution >= 0.6 is 0 Å². The quantitative estimate of drug-likeness (QED) is 0.190. The Hall–Kier alpha value is -1.39. The molecule has 9 heavy (non-hydrogen) atoms. The van der Waals surface area contributed by atoms with Gasteiger partial charge in [0.2, 0.25) is 6.41 Å². The Morgan fingerprint density at radius 2 is 2.56 bits per heavy atom. The molecule has 0 heterocycles. The van der Waals surface area contributed by atoms with E-state index in [1.807, 2.05) is 0 Å². The maximum absolute atomic E-state index is 9.66. The van der Waals surface area contributed by atoms with Gasteiger partial charge in [0.15, 0.2) is 0 Å². The molecule has 0 aromatic carbocycles. The van der Waals surface area contributed by atoms with E-state index in [9.17, 15) is 4.79 Å². The normalized spacial score (nSPS) is 10.4. The van der Waals surface area contributed by atoms with Gasteiger partial charge in [-0.05, 0) is 0 Å². The molecule has 0 aliphatic rings. The van der Waals surface area contributed by atoms with Gasteiger partial charge in [0, 0.05) is 6.21 Å². The summed E-state index contributed by atoms with van der Waals surface area (Å²) in [6.07, 6.45) is 1.51. The third-order valence-electron chi connectivity index (χ3n) is 0.699. The summed E-state index contributed by atoms with van der Waals surface area (Å²) in [6.45, 7) is 0.212. The third-order valence-corrected chi connectivity index (χ3v) is 0.699. The van der Waals surface area contributed by atoms with Crippen molar-refractivity contribution in [1.82, 2.24) is 5.32 Å². The lowest BCUT2D eigenvalue weighted by atomic mass is 10.4. The minimum absolute atomic E-state index is 0.212. The molecule has 0 saturated heterocycles. The molecule has 0 fully saturated rings. The minimum atomic E-state index is 0.212. The van der Waals surface area contributed by atoms with E-state index in [0.717, 1.165) is 6.21 Å². The molecule has 0 bridgehead atoms. The van der Waals surface area contributed by atoms with Crippen molar-refractivity contribution in [1.29, 1.82) is 5.41 Å². The summed E-state index contributed by atoms with van der Waals surface area (Å²) in [6, 6.07) is 0. The van der Waals surface area contributed by atoms with Crippen LogP contribution in [0.2, 0.25) is 0 Å². The van der Waals surface area contributed by atoms with Crippen LogP contribution in [0.15, 0.2) is 5.10 Å². The molecule has 0 aliphatic heterocycles. The summed E-state index contributed by atoms with van der Waals surface area (Å²) in [7, 11) is 0. The molecule has 0 radical (unpaired) electrons. The average Bonchev–Trinajstić information content (AvgIpc) is 1.91. The molecule has 5 nitrogen and oxygen atoms in total. The van der Waals surface area contributed by atoms with Crippen LogP contribution in [0.1, 0.15) is 0 Å². The van der Waals surface area contributed by atoms with Gasteiger partial charge in [-0.2, -0.15) is 5.10 Å². The molecule has 0 spiro atoms. The van der Waals surface area contributed by atoms with E-state index in [1.165, 1.54) is 0 Å². The van der Waals surface area contributed by atoms with Crippen molar-refractivity contribution in [2.24, 2.45) is 10.9 Å². The summed E-state index contributed by atoms with van der Waals surface area (Å²) in [5, 5.41) is 12.2. The van der Waals surface area contributed by atoms with Crippen molar-refractivity contribution in [3.8, 4) is 0 Å². The monoisotopic (exact) mass is 128 g/mol. The van der Waals surface area contributed by atoms with E-state index in [-0.39, 0.29) is 6.54 Å². The molecular weight excluding hydrogens is 120 g/mol. The van der Waals surface area contributed by atoms with Gasteiger partial charge in [-0.1, -0.05) is 0 Å². The molecule has 0 aromatic rings. The second-order valence-corrected chi connectivity index (χ2v) is 1.26. The number of rotatable bonds is 4. The summed E-state index contributed by atoms with van der Waals surface area (Å²) >= 11 is 0. The number of nitrogens with one attached hydrogen (secondary N) is 2. The molecule has 4 N–H and O–H groups in total. The lowest BCUT2D eigenvalue weighted by Gasteiger charge is -1.93. The maximum atomic E-state index is 9.66. The Labute approximate surface area is 52.4 Å². The van der Waals surface area contributed by atoms with Gasteiger partial charge in [-0.3, -0.25) is 4.79 Å². The van der Waals surface area contributed by atoms with Crippen LogP contribution < -0.4 is 11.2 Å². The summed E-state index contributed by atoms with van der Waals surface area (Å²) in [5.41, 5.74) is 0.335. The van der Waals surface area contributed by atoms with E-state index in [4.69, 9.17) is 11.3 Å². The van der Waals surface area contributed by atoms with E-state index < -0.39 is 0 Å². The van der Waals surface area contributed by atoms with Crippen LogP contribution in [-0.4, -0.2) is 24.9 Å². The highest BCUT2D eigenvalue weighted by Gasteiger charge is 1.89. The zero-order valence-corrected chi connectivity index (χ0v) is 4.79. The van der Waals surface area contributed by atoms with Crippen LogP contribution in [0.3, 0.4) is 0 Å². The van der Waals surface area contributed by atoms with Gasteiger partial charge in [0.05, 0.1) is 12.3 Å². The SMILES string of the molecule is N=CC(CNC=O)=NN. The van der Waals surface area contributed by atoms with E-state index >= 15 is 0 Å². The van der Waals surface area contributed by atoms with Crippen LogP contribution in [0.25, 0.3) is 0 Å². The number of nitrogens with two attached hydrogens (primary N) is 1. The highest BCUT2D eigenvalue weighted by atomic mass is 16.1. The number of carbonyl (C=O) groups excluding carboxylic acids is 1. The lowest BCUT2D eigenvalue weighted by molar-refractivity contribution is -0.109. The smallest absolute Gasteiger partial charge is 0.207 e. The number of amides is 1. The minimum Gasteiger partial charge on any atom is -0.353 e. The Kier molecular flexibility index (Phi) is 4.03. The summed E-state index contributed by atoms with van der Waals surface area (Å²) in [4.78, 5) is 9.66. The van der Waals surface area contributed by atoms with Crippen LogP contribution in [0.4, 0.5) is 0 Å². The van der Waals surface area contributed by atoms with Crippen molar-refractivity contribution in [2.45, 2.75) is 0 Å². The standard InChI is InChI=1S/C4H8N4O/c5-1-4(8-6)2-7-3-9/h1,3,5H,2,6H2,(H,7,9). The summed E-state index contributed by atoms with van der Waals surface area (Å²) in [5.74, 6) is 4.80. The van der Waals surface area contributed by atoms with E-state index in [1.54, 1.807) is 0 Å². The Morgan fingerprint density at radius 3 is 2.89 bits per heavy atom. The fourth-order valence-corrected chi connectivity index (χ4v) is 0.280. The zero-order valence-electron chi connectivity index (χ0n) is 4.79. The van der Waals surface area contributed by atoms with Gasteiger partial charge < -0.3 is 16.6 Å². The van der Waals surface area contributed by atoms with E-state index in [2.05, 4.69) is 10.4 Å². The van der Waals surface area contributed by atoms with Crippen molar-refractivity contribution >= 4 is 18.3 Å². The number of hydrogen-bond donors (Lipinski definition) is 3. The second-order valence-electron chi connectivity index (χ2n) is 1.26. The first-order valence-electron chi connectivity index (χ1n) is 2.29. The van der Waals surface area contributed by atoms with Crippen LogP contribution in [0, 0.1) is 5.41 Å². The number of hydrogen-bond acceptors (Lipinski definition) is 4. The molecule has 0 aliphatic carbocycles. The molecule has 0 saturated carbocycles. The van der Waals surface area contributed by atoms with Gasteiger partial charge in [0.25, 0.3) is 0 Å². The molecule has 0 unspecified atom stereocenters. The van der Waals surface area contributed by atoms with Gasteiger partial charge >= 0.3 is 0 Å². The van der Waals surface area contributed by atoms with Crippen molar-refractivity contribution in [2.75, 3.05) is 6.54 Å². The molecule has 0 aromatic heterocycles. The predicted octanol–water partition coefficient (Wildman–Crippen LogP) is -1.30. The van der Waals surface area contributed by atoms with Crippen molar-refractivity contribution in [3.05, 3.63) is 0 Å². The third kappa shape index (κ3) is 3.22. The fraction of sp³-hybridized carbons (Fsp3) is 0.250. The lowest BCUT2D eigenvalue weighted by Crippen LogP contribution is -2.23. The molecular formula is C4H8N4O. The Balaban J connectivity index is 3.57. The second kappa shape index (κ2) is 4.76. The van der Waals surface area contributed by atoms with E-state index in [0.29, 0.717) is 12.1 Å². The van der Waals surface area contributed by atoms with Gasteiger partial charge in [-0.15, -0.1) is 0 Å². The van der Waals surface area contributed by atoms with Gasteiger partial charge in [0.1, 0.15) is 0 Å². The average molecular weight is 128 g/mol. The van der Waals surface area contributed by atoms with Crippen molar-refractivity contribution < 1.29 is 4.79 Å². The van der Waals surface area contributed by atoms with Crippen LogP contribution in [0.5, 0.6) is 0 Å². The van der Waals surface area contributed by atoms with Gasteiger partial charge in [-0.25, -0.2) is 0 Å². The molecule has 0 atom stereocenters. The largest absolute Gasteiger partial charge is 0.353 e. The molecule has 0 rings (SSSR count). The molecule has 1 amide bonds. The number of hydrazone groups is 1. The molecule has 5 heteroatoms.